The lowest BCUT2D eigenvalue weighted by molar-refractivity contribution is -0.132. The van der Waals surface area contributed by atoms with Crippen LogP contribution in [0.4, 0.5) is 0 Å². The maximum absolute atomic E-state index is 13.9. The van der Waals surface area contributed by atoms with E-state index in [1.54, 1.807) is 36.3 Å². The van der Waals surface area contributed by atoms with Crippen molar-refractivity contribution in [2.24, 2.45) is 0 Å². The molecule has 0 aliphatic carbocycles. The van der Waals surface area contributed by atoms with Gasteiger partial charge in [0.25, 0.3) is 5.91 Å². The van der Waals surface area contributed by atoms with Crippen LogP contribution in [-0.4, -0.2) is 53.3 Å². The Kier molecular flexibility index (Phi) is 9.87. The second-order valence-electron chi connectivity index (χ2n) is 11.7. The zero-order valence-electron chi connectivity index (χ0n) is 25.1. The molecule has 6 nitrogen and oxygen atoms in total. The summed E-state index contributed by atoms with van der Waals surface area (Å²) in [7, 11) is 1.60. The van der Waals surface area contributed by atoms with Gasteiger partial charge in [-0.15, -0.1) is 0 Å². The van der Waals surface area contributed by atoms with Crippen molar-refractivity contribution in [1.82, 2.24) is 14.8 Å². The second-order valence-corrected chi connectivity index (χ2v) is 11.7. The van der Waals surface area contributed by atoms with Gasteiger partial charge < -0.3 is 19.5 Å². The van der Waals surface area contributed by atoms with Gasteiger partial charge in [-0.3, -0.25) is 9.59 Å². The second kappa shape index (κ2) is 13.5. The molecule has 216 valence electrons. The third-order valence-corrected chi connectivity index (χ3v) is 7.60. The van der Waals surface area contributed by atoms with E-state index < -0.39 is 0 Å². The van der Waals surface area contributed by atoms with Gasteiger partial charge >= 0.3 is 0 Å². The van der Waals surface area contributed by atoms with Gasteiger partial charge in [0.15, 0.2) is 0 Å². The van der Waals surface area contributed by atoms with Gasteiger partial charge in [-0.05, 0) is 65.3 Å². The van der Waals surface area contributed by atoms with Crippen LogP contribution in [0.25, 0.3) is 10.9 Å². The van der Waals surface area contributed by atoms with Crippen molar-refractivity contribution >= 4 is 22.7 Å². The summed E-state index contributed by atoms with van der Waals surface area (Å²) in [5, 5.41) is 1.17. The molecule has 6 heteroatoms. The molecule has 1 aromatic heterocycles. The summed E-state index contributed by atoms with van der Waals surface area (Å²) in [6.45, 7) is 10.3. The standard InChI is InChI=1S/C35H43N3O3/c1-6-7-21-38(34(40)27-14-18-30(41-5)19-15-27)25-33(39)37(24-26-12-16-29(17-13-26)35(2,3)4)22-20-28-23-36-32-11-9-8-10-31(28)32/h8-19,23,36H,6-7,20-22,24-25H2,1-5H3. The van der Waals surface area contributed by atoms with E-state index in [-0.39, 0.29) is 23.8 Å². The molecular weight excluding hydrogens is 510 g/mol. The Hall–Kier alpha value is -4.06. The van der Waals surface area contributed by atoms with E-state index in [1.807, 2.05) is 23.2 Å². The van der Waals surface area contributed by atoms with Crippen LogP contribution in [0.15, 0.2) is 79.0 Å². The highest BCUT2D eigenvalue weighted by Crippen LogP contribution is 2.23. The van der Waals surface area contributed by atoms with E-state index in [0.29, 0.717) is 30.9 Å². The Balaban J connectivity index is 1.55. The number of para-hydroxylation sites is 1. The van der Waals surface area contributed by atoms with Gasteiger partial charge in [-0.25, -0.2) is 0 Å². The number of benzene rings is 3. The van der Waals surface area contributed by atoms with Gasteiger partial charge in [0, 0.05) is 42.3 Å². The zero-order valence-corrected chi connectivity index (χ0v) is 25.1. The van der Waals surface area contributed by atoms with Gasteiger partial charge in [0.05, 0.1) is 7.11 Å². The van der Waals surface area contributed by atoms with Crippen LogP contribution in [0.2, 0.25) is 0 Å². The minimum absolute atomic E-state index is 0.0405. The van der Waals surface area contributed by atoms with Crippen LogP contribution in [-0.2, 0) is 23.2 Å². The molecule has 0 spiro atoms. The third-order valence-electron chi connectivity index (χ3n) is 7.60. The summed E-state index contributed by atoms with van der Waals surface area (Å²) < 4.78 is 5.25. The minimum atomic E-state index is -0.138. The first-order chi connectivity index (χ1) is 19.7. The van der Waals surface area contributed by atoms with Crippen molar-refractivity contribution < 1.29 is 14.3 Å². The molecule has 0 atom stereocenters. The number of rotatable bonds is 12. The lowest BCUT2D eigenvalue weighted by Gasteiger charge is -2.28. The molecule has 0 saturated heterocycles. The number of carbonyl (C=O) groups is 2. The molecule has 3 aromatic carbocycles. The number of aromatic nitrogens is 1. The van der Waals surface area contributed by atoms with Gasteiger partial charge in [0.2, 0.25) is 5.91 Å². The molecule has 2 amide bonds. The Morgan fingerprint density at radius 2 is 1.59 bits per heavy atom. The number of carbonyl (C=O) groups excluding carboxylic acids is 2. The van der Waals surface area contributed by atoms with Crippen molar-refractivity contribution in [2.45, 2.75) is 58.9 Å². The molecule has 41 heavy (non-hydrogen) atoms. The number of methoxy groups -OCH3 is 1. The van der Waals surface area contributed by atoms with Gasteiger partial charge in [-0.2, -0.15) is 0 Å². The van der Waals surface area contributed by atoms with E-state index in [1.165, 1.54) is 16.5 Å². The molecule has 0 unspecified atom stereocenters. The van der Waals surface area contributed by atoms with Crippen LogP contribution >= 0.6 is 0 Å². The summed E-state index contributed by atoms with van der Waals surface area (Å²) in [5.74, 6) is 0.502. The summed E-state index contributed by atoms with van der Waals surface area (Å²) in [6, 6.07) is 23.8. The fourth-order valence-electron chi connectivity index (χ4n) is 5.00. The Morgan fingerprint density at radius 1 is 0.878 bits per heavy atom. The van der Waals surface area contributed by atoms with Crippen molar-refractivity contribution in [2.75, 3.05) is 26.7 Å². The minimum Gasteiger partial charge on any atom is -0.497 e. The number of hydrogen-bond donors (Lipinski definition) is 1. The zero-order chi connectivity index (χ0) is 29.4. The Bertz CT molecular complexity index is 1430. The van der Waals surface area contributed by atoms with E-state index in [9.17, 15) is 9.59 Å². The largest absolute Gasteiger partial charge is 0.497 e. The number of aromatic amines is 1. The number of H-pyrrole nitrogens is 1. The van der Waals surface area contributed by atoms with Crippen molar-refractivity contribution in [1.29, 1.82) is 0 Å². The topological polar surface area (TPSA) is 65.6 Å². The lowest BCUT2D eigenvalue weighted by Crippen LogP contribution is -2.43. The third kappa shape index (κ3) is 7.78. The molecule has 0 aliphatic heterocycles. The van der Waals surface area contributed by atoms with E-state index >= 15 is 0 Å². The Labute approximate surface area is 244 Å². The highest BCUT2D eigenvalue weighted by molar-refractivity contribution is 5.96. The number of ether oxygens (including phenoxy) is 1. The van der Waals surface area contributed by atoms with Crippen LogP contribution < -0.4 is 4.74 Å². The van der Waals surface area contributed by atoms with Gasteiger partial charge in [-0.1, -0.05) is 76.6 Å². The molecule has 0 saturated carbocycles. The van der Waals surface area contributed by atoms with Crippen LogP contribution in [0.3, 0.4) is 0 Å². The average molecular weight is 554 g/mol. The first-order valence-corrected chi connectivity index (χ1v) is 14.5. The maximum atomic E-state index is 13.9. The monoisotopic (exact) mass is 553 g/mol. The molecule has 0 fully saturated rings. The molecule has 0 aliphatic rings. The smallest absolute Gasteiger partial charge is 0.254 e. The highest BCUT2D eigenvalue weighted by atomic mass is 16.5. The van der Waals surface area contributed by atoms with E-state index in [4.69, 9.17) is 4.74 Å². The first kappa shape index (κ1) is 29.9. The molecule has 0 bridgehead atoms. The number of unbranched alkanes of at least 4 members (excludes halogenated alkanes) is 1. The molecule has 4 rings (SSSR count). The lowest BCUT2D eigenvalue weighted by atomic mass is 9.87. The first-order valence-electron chi connectivity index (χ1n) is 14.5. The number of nitrogens with zero attached hydrogens (tertiary/aromatic N) is 2. The van der Waals surface area contributed by atoms with Crippen LogP contribution in [0, 0.1) is 0 Å². The predicted octanol–water partition coefficient (Wildman–Crippen LogP) is 6.99. The Morgan fingerprint density at radius 3 is 2.24 bits per heavy atom. The maximum Gasteiger partial charge on any atom is 0.254 e. The summed E-state index contributed by atoms with van der Waals surface area (Å²) in [6.07, 6.45) is 4.52. The summed E-state index contributed by atoms with van der Waals surface area (Å²) in [4.78, 5) is 34.3. The predicted molar refractivity (Wildman–Crippen MR) is 166 cm³/mol. The summed E-state index contributed by atoms with van der Waals surface area (Å²) in [5.41, 5.74) is 5.22. The van der Waals surface area contributed by atoms with Crippen LogP contribution in [0.5, 0.6) is 5.75 Å². The molecule has 0 radical (unpaired) electrons. The molecule has 1 heterocycles. The van der Waals surface area contributed by atoms with Crippen molar-refractivity contribution in [3.63, 3.8) is 0 Å². The van der Waals surface area contributed by atoms with E-state index in [2.05, 4.69) is 69.1 Å². The fourth-order valence-corrected chi connectivity index (χ4v) is 5.00. The summed E-state index contributed by atoms with van der Waals surface area (Å²) >= 11 is 0. The number of hydrogen-bond acceptors (Lipinski definition) is 3. The molecule has 4 aromatic rings. The SMILES string of the molecule is CCCCN(CC(=O)N(CCc1c[nH]c2ccccc12)Cc1ccc(C(C)(C)C)cc1)C(=O)c1ccc(OC)cc1. The van der Waals surface area contributed by atoms with Crippen LogP contribution in [0.1, 0.15) is 67.6 Å². The molecule has 1 N–H and O–H groups in total. The number of nitrogens with one attached hydrogen (secondary N) is 1. The highest BCUT2D eigenvalue weighted by Gasteiger charge is 2.23. The average Bonchev–Trinajstić information content (AvgIpc) is 3.39. The van der Waals surface area contributed by atoms with Crippen molar-refractivity contribution in [3.05, 3.63) is 101 Å². The normalized spacial score (nSPS) is 11.4. The number of fused-ring (bicyclic) bond motifs is 1. The van der Waals surface area contributed by atoms with Gasteiger partial charge in [0.1, 0.15) is 12.3 Å². The molecular formula is C35H43N3O3. The number of amides is 2. The van der Waals surface area contributed by atoms with Crippen molar-refractivity contribution in [3.8, 4) is 5.75 Å². The van der Waals surface area contributed by atoms with E-state index in [0.717, 1.165) is 30.3 Å². The fraction of sp³-hybridized carbons (Fsp3) is 0.371. The quantitative estimate of drug-likeness (QED) is 0.206.